The highest BCUT2D eigenvalue weighted by Gasteiger charge is 2.09. The highest BCUT2D eigenvalue weighted by atomic mass is 16.5. The smallest absolute Gasteiger partial charge is 0.137 e. The Morgan fingerprint density at radius 3 is 2.70 bits per heavy atom. The summed E-state index contributed by atoms with van der Waals surface area (Å²) >= 11 is 0. The normalized spacial score (nSPS) is 10.6. The molecule has 0 unspecified atom stereocenters. The maximum Gasteiger partial charge on any atom is 0.137 e. The average Bonchev–Trinajstić information content (AvgIpc) is 2.60. The third-order valence-corrected chi connectivity index (χ3v) is 3.81. The largest absolute Gasteiger partial charge is 0.497 e. The van der Waals surface area contributed by atoms with E-state index in [1.165, 1.54) is 0 Å². The van der Waals surface area contributed by atoms with E-state index in [1.807, 2.05) is 30.3 Å². The molecule has 1 heterocycles. The summed E-state index contributed by atoms with van der Waals surface area (Å²) in [4.78, 5) is 8.71. The molecule has 0 bridgehead atoms. The first-order valence-electron chi connectivity index (χ1n) is 7.38. The molecule has 3 rings (SSSR count). The first-order chi connectivity index (χ1) is 11.2. The van der Waals surface area contributed by atoms with E-state index in [1.54, 1.807) is 20.5 Å². The van der Waals surface area contributed by atoms with E-state index in [0.717, 1.165) is 39.3 Å². The number of methoxy groups -OCH3 is 2. The van der Waals surface area contributed by atoms with Gasteiger partial charge in [0, 0.05) is 23.6 Å². The summed E-state index contributed by atoms with van der Waals surface area (Å²) in [5, 5.41) is 4.43. The van der Waals surface area contributed by atoms with Crippen LogP contribution in [0.5, 0.6) is 11.5 Å². The number of hydrogen-bond donors (Lipinski definition) is 1. The molecule has 5 nitrogen and oxygen atoms in total. The third kappa shape index (κ3) is 3.04. The molecule has 3 aromatic rings. The second-order valence-corrected chi connectivity index (χ2v) is 5.22. The molecule has 2 aromatic carbocycles. The number of benzene rings is 2. The van der Waals surface area contributed by atoms with E-state index in [-0.39, 0.29) is 0 Å². The summed E-state index contributed by atoms with van der Waals surface area (Å²) in [5.41, 5.74) is 3.12. The molecule has 1 aromatic heterocycles. The van der Waals surface area contributed by atoms with Crippen LogP contribution >= 0.6 is 0 Å². The Morgan fingerprint density at radius 2 is 1.91 bits per heavy atom. The second kappa shape index (κ2) is 6.52. The molecule has 23 heavy (non-hydrogen) atoms. The Morgan fingerprint density at radius 1 is 1.04 bits per heavy atom. The van der Waals surface area contributed by atoms with Crippen LogP contribution in [0.3, 0.4) is 0 Å². The van der Waals surface area contributed by atoms with Crippen molar-refractivity contribution in [3.8, 4) is 11.5 Å². The molecule has 0 aliphatic carbocycles. The summed E-state index contributed by atoms with van der Waals surface area (Å²) in [6, 6.07) is 11.8. The van der Waals surface area contributed by atoms with Crippen molar-refractivity contribution in [1.29, 1.82) is 0 Å². The number of nitrogens with one attached hydrogen (secondary N) is 1. The monoisotopic (exact) mass is 309 g/mol. The molecular weight excluding hydrogens is 290 g/mol. The number of hydrogen-bond acceptors (Lipinski definition) is 5. The lowest BCUT2D eigenvalue weighted by Gasteiger charge is -2.13. The minimum Gasteiger partial charge on any atom is -0.497 e. The average molecular weight is 309 g/mol. The van der Waals surface area contributed by atoms with Crippen molar-refractivity contribution in [2.24, 2.45) is 0 Å². The van der Waals surface area contributed by atoms with E-state index in [2.05, 4.69) is 28.3 Å². The van der Waals surface area contributed by atoms with Gasteiger partial charge in [-0.25, -0.2) is 9.97 Å². The van der Waals surface area contributed by atoms with Gasteiger partial charge < -0.3 is 14.8 Å². The summed E-state index contributed by atoms with van der Waals surface area (Å²) < 4.78 is 10.7. The number of rotatable bonds is 5. The van der Waals surface area contributed by atoms with E-state index in [0.29, 0.717) is 6.54 Å². The molecule has 0 aliphatic heterocycles. The lowest BCUT2D eigenvalue weighted by Crippen LogP contribution is -2.05. The van der Waals surface area contributed by atoms with E-state index < -0.39 is 0 Å². The summed E-state index contributed by atoms with van der Waals surface area (Å²) in [6.07, 6.45) is 1.58. The van der Waals surface area contributed by atoms with Crippen LogP contribution in [0.1, 0.15) is 11.1 Å². The maximum absolute atomic E-state index is 5.43. The number of nitrogens with zero attached hydrogens (tertiary/aromatic N) is 2. The topological polar surface area (TPSA) is 56.3 Å². The summed E-state index contributed by atoms with van der Waals surface area (Å²) in [6.45, 7) is 2.67. The van der Waals surface area contributed by atoms with E-state index in [9.17, 15) is 0 Å². The Bertz CT molecular complexity index is 828. The van der Waals surface area contributed by atoms with Crippen molar-refractivity contribution in [2.75, 3.05) is 19.5 Å². The van der Waals surface area contributed by atoms with Gasteiger partial charge in [0.15, 0.2) is 0 Å². The SMILES string of the molecule is COc1ccc(CNc2ncnc3cccc(C)c23)c(OC)c1. The molecular formula is C18H19N3O2. The van der Waals surface area contributed by atoms with Gasteiger partial charge in [-0.05, 0) is 30.7 Å². The summed E-state index contributed by atoms with van der Waals surface area (Å²) in [5.74, 6) is 2.38. The Kier molecular flexibility index (Phi) is 4.28. The molecule has 118 valence electrons. The lowest BCUT2D eigenvalue weighted by atomic mass is 10.1. The zero-order valence-electron chi connectivity index (χ0n) is 13.5. The van der Waals surface area contributed by atoms with E-state index in [4.69, 9.17) is 9.47 Å². The first kappa shape index (κ1) is 15.1. The quantitative estimate of drug-likeness (QED) is 0.781. The van der Waals surface area contributed by atoms with Gasteiger partial charge in [-0.1, -0.05) is 12.1 Å². The molecule has 0 saturated carbocycles. The Balaban J connectivity index is 1.90. The van der Waals surface area contributed by atoms with Crippen molar-refractivity contribution in [3.63, 3.8) is 0 Å². The van der Waals surface area contributed by atoms with Gasteiger partial charge in [0.05, 0.1) is 19.7 Å². The zero-order valence-corrected chi connectivity index (χ0v) is 13.5. The predicted molar refractivity (Wildman–Crippen MR) is 91.1 cm³/mol. The summed E-state index contributed by atoms with van der Waals surface area (Å²) in [7, 11) is 3.30. The van der Waals surface area contributed by atoms with Crippen molar-refractivity contribution in [2.45, 2.75) is 13.5 Å². The van der Waals surface area contributed by atoms with Gasteiger partial charge in [0.2, 0.25) is 0 Å². The third-order valence-electron chi connectivity index (χ3n) is 3.81. The molecule has 1 N–H and O–H groups in total. The minimum atomic E-state index is 0.605. The van der Waals surface area contributed by atoms with Crippen LogP contribution in [-0.4, -0.2) is 24.2 Å². The van der Waals surface area contributed by atoms with Gasteiger partial charge in [-0.15, -0.1) is 0 Å². The van der Waals surface area contributed by atoms with Crippen LogP contribution in [0.2, 0.25) is 0 Å². The van der Waals surface area contributed by atoms with Crippen LogP contribution in [-0.2, 0) is 6.54 Å². The van der Waals surface area contributed by atoms with Crippen molar-refractivity contribution >= 4 is 16.7 Å². The minimum absolute atomic E-state index is 0.605. The molecule has 0 radical (unpaired) electrons. The standard InChI is InChI=1S/C18H19N3O2/c1-12-5-4-6-15-17(12)18(21-11-20-15)19-10-13-7-8-14(22-2)9-16(13)23-3/h4-9,11H,10H2,1-3H3,(H,19,20,21). The van der Waals surface area contributed by atoms with Crippen LogP contribution in [0, 0.1) is 6.92 Å². The van der Waals surface area contributed by atoms with Crippen LogP contribution in [0.15, 0.2) is 42.7 Å². The molecule has 5 heteroatoms. The number of aromatic nitrogens is 2. The van der Waals surface area contributed by atoms with Crippen molar-refractivity contribution in [3.05, 3.63) is 53.9 Å². The highest BCUT2D eigenvalue weighted by Crippen LogP contribution is 2.27. The number of anilines is 1. The van der Waals surface area contributed by atoms with Gasteiger partial charge in [0.25, 0.3) is 0 Å². The van der Waals surface area contributed by atoms with Crippen molar-refractivity contribution < 1.29 is 9.47 Å². The zero-order chi connectivity index (χ0) is 16.2. The molecule has 0 spiro atoms. The molecule has 0 amide bonds. The van der Waals surface area contributed by atoms with Crippen molar-refractivity contribution in [1.82, 2.24) is 9.97 Å². The molecule has 0 atom stereocenters. The second-order valence-electron chi connectivity index (χ2n) is 5.22. The number of ether oxygens (including phenoxy) is 2. The van der Waals surface area contributed by atoms with Crippen LogP contribution < -0.4 is 14.8 Å². The lowest BCUT2D eigenvalue weighted by molar-refractivity contribution is 0.391. The Labute approximate surface area is 135 Å². The molecule has 0 aliphatic rings. The Hall–Kier alpha value is -2.82. The van der Waals surface area contributed by atoms with Gasteiger partial charge in [-0.2, -0.15) is 0 Å². The fourth-order valence-corrected chi connectivity index (χ4v) is 2.59. The first-order valence-corrected chi connectivity index (χ1v) is 7.38. The van der Waals surface area contributed by atoms with Crippen LogP contribution in [0.4, 0.5) is 5.82 Å². The maximum atomic E-state index is 5.43. The fraction of sp³-hybridized carbons (Fsp3) is 0.222. The van der Waals surface area contributed by atoms with Crippen LogP contribution in [0.25, 0.3) is 10.9 Å². The van der Waals surface area contributed by atoms with Gasteiger partial charge in [-0.3, -0.25) is 0 Å². The number of aryl methyl sites for hydroxylation is 1. The fourth-order valence-electron chi connectivity index (χ4n) is 2.59. The van der Waals surface area contributed by atoms with Gasteiger partial charge >= 0.3 is 0 Å². The number of fused-ring (bicyclic) bond motifs is 1. The molecule has 0 fully saturated rings. The highest BCUT2D eigenvalue weighted by molar-refractivity contribution is 5.91. The molecule has 0 saturated heterocycles. The van der Waals surface area contributed by atoms with E-state index >= 15 is 0 Å². The van der Waals surface area contributed by atoms with Gasteiger partial charge in [0.1, 0.15) is 23.6 Å². The predicted octanol–water partition coefficient (Wildman–Crippen LogP) is 3.57.